The third kappa shape index (κ3) is 3.57. The van der Waals surface area contributed by atoms with Crippen molar-refractivity contribution in [3.05, 3.63) is 29.8 Å². The first-order valence-electron chi connectivity index (χ1n) is 6.15. The minimum absolute atomic E-state index is 0.117. The van der Waals surface area contributed by atoms with E-state index in [0.717, 1.165) is 0 Å². The van der Waals surface area contributed by atoms with E-state index in [1.165, 1.54) is 4.31 Å². The van der Waals surface area contributed by atoms with Gasteiger partial charge in [-0.25, -0.2) is 8.42 Å². The zero-order valence-corrected chi connectivity index (χ0v) is 12.2. The molecule has 4 nitrogen and oxygen atoms in total. The molecule has 0 unspecified atom stereocenters. The lowest BCUT2D eigenvalue weighted by Gasteiger charge is -2.24. The molecule has 0 saturated heterocycles. The first-order valence-corrected chi connectivity index (χ1v) is 7.59. The Labute approximate surface area is 115 Å². The van der Waals surface area contributed by atoms with E-state index in [4.69, 9.17) is 5.11 Å². The van der Waals surface area contributed by atoms with Crippen molar-refractivity contribution in [1.29, 1.82) is 0 Å². The molecular weight excluding hydrogens is 262 g/mol. The van der Waals surface area contributed by atoms with Gasteiger partial charge in [-0.15, -0.1) is 0 Å². The number of aliphatic hydroxyl groups is 1. The summed E-state index contributed by atoms with van der Waals surface area (Å²) in [5.41, 5.74) is 0.413. The van der Waals surface area contributed by atoms with Gasteiger partial charge in [0.2, 0.25) is 10.0 Å². The van der Waals surface area contributed by atoms with Crippen molar-refractivity contribution in [3.63, 3.8) is 0 Å². The number of hydrogen-bond acceptors (Lipinski definition) is 3. The average Bonchev–Trinajstić information content (AvgIpc) is 2.36. The van der Waals surface area contributed by atoms with E-state index in [1.54, 1.807) is 31.2 Å². The van der Waals surface area contributed by atoms with Crippen LogP contribution in [0.2, 0.25) is 0 Å². The lowest BCUT2D eigenvalue weighted by atomic mass is 10.2. The molecule has 0 spiro atoms. The second kappa shape index (κ2) is 6.71. The second-order valence-corrected chi connectivity index (χ2v) is 6.12. The molecule has 1 rings (SSSR count). The van der Waals surface area contributed by atoms with Crippen LogP contribution in [0.5, 0.6) is 0 Å². The predicted molar refractivity (Wildman–Crippen MR) is 75.1 cm³/mol. The summed E-state index contributed by atoms with van der Waals surface area (Å²) in [4.78, 5) is 0.187. The van der Waals surface area contributed by atoms with Gasteiger partial charge in [0.25, 0.3) is 0 Å². The van der Waals surface area contributed by atoms with Crippen molar-refractivity contribution < 1.29 is 13.5 Å². The van der Waals surface area contributed by atoms with Crippen molar-refractivity contribution in [1.82, 2.24) is 4.31 Å². The molecule has 0 aromatic heterocycles. The Balaban J connectivity index is 3.36. The van der Waals surface area contributed by atoms with Gasteiger partial charge in [-0.3, -0.25) is 0 Å². The summed E-state index contributed by atoms with van der Waals surface area (Å²) in [6, 6.07) is 6.47. The molecule has 5 heteroatoms. The fourth-order valence-electron chi connectivity index (χ4n) is 1.87. The molecule has 0 aliphatic heterocycles. The van der Waals surface area contributed by atoms with Crippen LogP contribution >= 0.6 is 0 Å². The topological polar surface area (TPSA) is 57.6 Å². The van der Waals surface area contributed by atoms with Gasteiger partial charge in [0.1, 0.15) is 6.61 Å². The van der Waals surface area contributed by atoms with Gasteiger partial charge >= 0.3 is 0 Å². The lowest BCUT2D eigenvalue weighted by Crippen LogP contribution is -2.37. The standard InChI is InChI=1S/C14H19NO3S/c1-4-15(12(2)3)19(17,18)14-10-6-5-8-13(14)9-7-11-16/h5-6,8,10,12,16H,4,11H2,1-3H3. The Kier molecular flexibility index (Phi) is 5.55. The fourth-order valence-corrected chi connectivity index (χ4v) is 3.66. The minimum Gasteiger partial charge on any atom is -0.384 e. The Morgan fingerprint density at radius 3 is 2.47 bits per heavy atom. The molecule has 0 aliphatic rings. The van der Waals surface area contributed by atoms with Gasteiger partial charge < -0.3 is 5.11 Å². The Morgan fingerprint density at radius 1 is 1.32 bits per heavy atom. The highest BCUT2D eigenvalue weighted by Gasteiger charge is 2.27. The molecule has 1 N–H and O–H groups in total. The molecule has 0 radical (unpaired) electrons. The quantitative estimate of drug-likeness (QED) is 0.850. The Hall–Kier alpha value is -1.35. The number of benzene rings is 1. The minimum atomic E-state index is -3.56. The highest BCUT2D eigenvalue weighted by atomic mass is 32.2. The maximum atomic E-state index is 12.6. The smallest absolute Gasteiger partial charge is 0.244 e. The third-order valence-electron chi connectivity index (χ3n) is 2.66. The number of hydrogen-bond donors (Lipinski definition) is 1. The first kappa shape index (κ1) is 15.7. The van der Waals surface area contributed by atoms with Crippen molar-refractivity contribution in [2.45, 2.75) is 31.7 Å². The van der Waals surface area contributed by atoms with E-state index >= 15 is 0 Å². The molecule has 0 amide bonds. The fraction of sp³-hybridized carbons (Fsp3) is 0.429. The van der Waals surface area contributed by atoms with Crippen LogP contribution in [0.4, 0.5) is 0 Å². The Bertz CT molecular complexity index is 582. The van der Waals surface area contributed by atoms with Crippen LogP contribution < -0.4 is 0 Å². The van der Waals surface area contributed by atoms with Crippen LogP contribution in [-0.2, 0) is 10.0 Å². The van der Waals surface area contributed by atoms with E-state index in [1.807, 2.05) is 13.8 Å². The van der Waals surface area contributed by atoms with Crippen molar-refractivity contribution in [2.24, 2.45) is 0 Å². The number of nitrogens with zero attached hydrogens (tertiary/aromatic N) is 1. The normalized spacial score (nSPS) is 11.5. The van der Waals surface area contributed by atoms with Gasteiger partial charge in [-0.1, -0.05) is 30.9 Å². The maximum absolute atomic E-state index is 12.6. The predicted octanol–water partition coefficient (Wildman–Crippen LogP) is 1.45. The summed E-state index contributed by atoms with van der Waals surface area (Å²) in [6.45, 7) is 5.59. The number of aliphatic hydroxyl groups excluding tert-OH is 1. The van der Waals surface area contributed by atoms with Crippen LogP contribution in [0.15, 0.2) is 29.2 Å². The molecule has 0 bridgehead atoms. The lowest BCUT2D eigenvalue weighted by molar-refractivity contribution is 0.350. The molecule has 1 aromatic rings. The molecule has 0 heterocycles. The second-order valence-electron chi connectivity index (χ2n) is 4.26. The summed E-state index contributed by atoms with van der Waals surface area (Å²) in [5.74, 6) is 5.17. The van der Waals surface area contributed by atoms with E-state index in [9.17, 15) is 8.42 Å². The summed E-state index contributed by atoms with van der Waals surface area (Å²) >= 11 is 0. The number of rotatable bonds is 4. The van der Waals surface area contributed by atoms with Crippen LogP contribution in [0, 0.1) is 11.8 Å². The average molecular weight is 281 g/mol. The van der Waals surface area contributed by atoms with Crippen LogP contribution in [0.25, 0.3) is 0 Å². The highest BCUT2D eigenvalue weighted by molar-refractivity contribution is 7.89. The van der Waals surface area contributed by atoms with Crippen LogP contribution in [-0.4, -0.2) is 37.0 Å². The molecule has 0 fully saturated rings. The molecule has 0 aliphatic carbocycles. The van der Waals surface area contributed by atoms with Gasteiger partial charge in [0.15, 0.2) is 0 Å². The molecule has 0 atom stereocenters. The van der Waals surface area contributed by atoms with Crippen molar-refractivity contribution >= 4 is 10.0 Å². The summed E-state index contributed by atoms with van der Waals surface area (Å²) < 4.78 is 26.6. The van der Waals surface area contributed by atoms with E-state index in [2.05, 4.69) is 11.8 Å². The number of sulfonamides is 1. The van der Waals surface area contributed by atoms with Gasteiger partial charge in [-0.2, -0.15) is 4.31 Å². The molecule has 0 saturated carbocycles. The van der Waals surface area contributed by atoms with E-state index in [0.29, 0.717) is 12.1 Å². The van der Waals surface area contributed by atoms with Gasteiger partial charge in [-0.05, 0) is 26.0 Å². The first-order chi connectivity index (χ1) is 8.95. The zero-order chi connectivity index (χ0) is 14.5. The largest absolute Gasteiger partial charge is 0.384 e. The maximum Gasteiger partial charge on any atom is 0.244 e. The van der Waals surface area contributed by atoms with E-state index in [-0.39, 0.29) is 17.5 Å². The van der Waals surface area contributed by atoms with Gasteiger partial charge in [0.05, 0.1) is 4.90 Å². The van der Waals surface area contributed by atoms with Crippen LogP contribution in [0.3, 0.4) is 0 Å². The molecular formula is C14H19NO3S. The molecule has 19 heavy (non-hydrogen) atoms. The summed E-state index contributed by atoms with van der Waals surface area (Å²) in [7, 11) is -3.56. The summed E-state index contributed by atoms with van der Waals surface area (Å²) in [6.07, 6.45) is 0. The van der Waals surface area contributed by atoms with Crippen molar-refractivity contribution in [3.8, 4) is 11.8 Å². The van der Waals surface area contributed by atoms with Crippen molar-refractivity contribution in [2.75, 3.05) is 13.2 Å². The van der Waals surface area contributed by atoms with Crippen LogP contribution in [0.1, 0.15) is 26.3 Å². The Morgan fingerprint density at radius 2 is 1.95 bits per heavy atom. The molecule has 1 aromatic carbocycles. The highest BCUT2D eigenvalue weighted by Crippen LogP contribution is 2.21. The summed E-state index contributed by atoms with van der Waals surface area (Å²) in [5, 5.41) is 8.73. The SMILES string of the molecule is CCN(C(C)C)S(=O)(=O)c1ccccc1C#CCO. The van der Waals surface area contributed by atoms with E-state index < -0.39 is 10.0 Å². The molecule has 104 valence electrons. The third-order valence-corrected chi connectivity index (χ3v) is 4.87. The monoisotopic (exact) mass is 281 g/mol. The zero-order valence-electron chi connectivity index (χ0n) is 11.4. The van der Waals surface area contributed by atoms with Gasteiger partial charge in [0, 0.05) is 18.2 Å².